The Morgan fingerprint density at radius 1 is 1.67 bits per heavy atom. The molecule has 98 valence electrons. The Kier molecular flexibility index (Phi) is 4.65. The van der Waals surface area contributed by atoms with Gasteiger partial charge in [0.25, 0.3) is 0 Å². The Morgan fingerprint density at radius 3 is 2.72 bits per heavy atom. The van der Waals surface area contributed by atoms with Crippen molar-refractivity contribution >= 4 is 27.7 Å². The standard InChI is InChI=1S/C9H7BrF2N2O4/c1-2-18-9(15)4-3-5(14(16)17)13-7(6(4)10)8(11)12/h3,8H,2H2,1H3. The highest BCUT2D eigenvalue weighted by Gasteiger charge is 2.29. The molecule has 0 bridgehead atoms. The topological polar surface area (TPSA) is 82.3 Å². The molecule has 0 N–H and O–H groups in total. The van der Waals surface area contributed by atoms with E-state index < -0.39 is 28.8 Å². The highest BCUT2D eigenvalue weighted by molar-refractivity contribution is 9.10. The first-order valence-corrected chi connectivity index (χ1v) is 5.47. The predicted octanol–water partition coefficient (Wildman–Crippen LogP) is 2.87. The second-order valence-electron chi connectivity index (χ2n) is 3.01. The molecule has 0 amide bonds. The Balaban J connectivity index is 3.40. The fourth-order valence-electron chi connectivity index (χ4n) is 1.13. The van der Waals surface area contributed by atoms with Crippen LogP contribution < -0.4 is 0 Å². The maximum Gasteiger partial charge on any atom is 0.364 e. The Bertz CT molecular complexity index is 496. The van der Waals surface area contributed by atoms with Crippen molar-refractivity contribution < 1.29 is 23.2 Å². The smallest absolute Gasteiger partial charge is 0.364 e. The molecule has 0 atom stereocenters. The SMILES string of the molecule is CCOC(=O)c1cc([N+](=O)[O-])nc(C(F)F)c1Br. The first-order chi connectivity index (χ1) is 8.38. The van der Waals surface area contributed by atoms with E-state index in [1.807, 2.05) is 0 Å². The minimum absolute atomic E-state index is 0.0193. The number of ether oxygens (including phenoxy) is 1. The van der Waals surface area contributed by atoms with Crippen molar-refractivity contribution in [3.05, 3.63) is 31.9 Å². The summed E-state index contributed by atoms with van der Waals surface area (Å²) in [5, 5.41) is 10.6. The van der Waals surface area contributed by atoms with Crippen molar-refractivity contribution in [3.63, 3.8) is 0 Å². The molecule has 1 aromatic heterocycles. The van der Waals surface area contributed by atoms with Gasteiger partial charge in [-0.25, -0.2) is 13.6 Å². The number of alkyl halides is 2. The number of nitro groups is 1. The van der Waals surface area contributed by atoms with Crippen LogP contribution in [0.2, 0.25) is 0 Å². The number of rotatable bonds is 4. The lowest BCUT2D eigenvalue weighted by atomic mass is 10.2. The molecule has 0 spiro atoms. The van der Waals surface area contributed by atoms with Gasteiger partial charge in [-0.05, 0) is 32.8 Å². The summed E-state index contributed by atoms with van der Waals surface area (Å²) >= 11 is 2.77. The number of carbonyl (C=O) groups excluding carboxylic acids is 1. The number of hydrogen-bond acceptors (Lipinski definition) is 5. The quantitative estimate of drug-likeness (QED) is 0.483. The molecule has 0 aromatic carbocycles. The summed E-state index contributed by atoms with van der Waals surface area (Å²) in [4.78, 5) is 24.2. The van der Waals surface area contributed by atoms with Crippen LogP contribution in [0, 0.1) is 10.1 Å². The van der Waals surface area contributed by atoms with Crippen molar-refractivity contribution in [2.45, 2.75) is 13.3 Å². The van der Waals surface area contributed by atoms with Crippen LogP contribution in [-0.2, 0) is 4.74 Å². The van der Waals surface area contributed by atoms with Crippen LogP contribution >= 0.6 is 15.9 Å². The summed E-state index contributed by atoms with van der Waals surface area (Å²) in [7, 11) is 0. The van der Waals surface area contributed by atoms with Gasteiger partial charge in [0.05, 0.1) is 22.7 Å². The summed E-state index contributed by atoms with van der Waals surface area (Å²) in [5.41, 5.74) is -1.22. The van der Waals surface area contributed by atoms with Gasteiger partial charge in [-0.2, -0.15) is 0 Å². The molecule has 1 aromatic rings. The van der Waals surface area contributed by atoms with Crippen LogP contribution in [0.4, 0.5) is 14.6 Å². The highest BCUT2D eigenvalue weighted by Crippen LogP contribution is 2.31. The zero-order chi connectivity index (χ0) is 13.9. The molecule has 0 aliphatic heterocycles. The van der Waals surface area contributed by atoms with Crippen molar-refractivity contribution in [2.75, 3.05) is 6.61 Å². The van der Waals surface area contributed by atoms with E-state index in [1.165, 1.54) is 6.92 Å². The first-order valence-electron chi connectivity index (χ1n) is 4.68. The van der Waals surface area contributed by atoms with Crippen molar-refractivity contribution in [1.82, 2.24) is 4.98 Å². The Labute approximate surface area is 108 Å². The molecule has 0 fully saturated rings. The minimum Gasteiger partial charge on any atom is -0.462 e. The average molecular weight is 325 g/mol. The van der Waals surface area contributed by atoms with Crippen molar-refractivity contribution in [3.8, 4) is 0 Å². The number of hydrogen-bond donors (Lipinski definition) is 0. The van der Waals surface area contributed by atoms with E-state index in [0.717, 1.165) is 6.07 Å². The second kappa shape index (κ2) is 5.80. The van der Waals surface area contributed by atoms with Crippen LogP contribution in [0.1, 0.15) is 29.4 Å². The van der Waals surface area contributed by atoms with Crippen LogP contribution in [0.5, 0.6) is 0 Å². The predicted molar refractivity (Wildman–Crippen MR) is 59.5 cm³/mol. The third-order valence-corrected chi connectivity index (χ3v) is 2.69. The van der Waals surface area contributed by atoms with Crippen molar-refractivity contribution in [1.29, 1.82) is 0 Å². The number of esters is 1. The van der Waals surface area contributed by atoms with Gasteiger partial charge in [0.15, 0.2) is 0 Å². The molecular weight excluding hydrogens is 318 g/mol. The maximum atomic E-state index is 12.6. The fraction of sp³-hybridized carbons (Fsp3) is 0.333. The van der Waals surface area contributed by atoms with Gasteiger partial charge >= 0.3 is 18.2 Å². The van der Waals surface area contributed by atoms with Gasteiger partial charge in [0.1, 0.15) is 0 Å². The third kappa shape index (κ3) is 2.97. The summed E-state index contributed by atoms with van der Waals surface area (Å²) in [5.74, 6) is -1.77. The van der Waals surface area contributed by atoms with Gasteiger partial charge < -0.3 is 14.9 Å². The molecule has 0 unspecified atom stereocenters. The summed E-state index contributed by atoms with van der Waals surface area (Å²) in [6.45, 7) is 1.54. The maximum absolute atomic E-state index is 12.6. The van der Waals surface area contributed by atoms with E-state index >= 15 is 0 Å². The molecule has 0 aliphatic rings. The van der Waals surface area contributed by atoms with Crippen LogP contribution in [0.25, 0.3) is 0 Å². The number of pyridine rings is 1. The molecule has 0 saturated heterocycles. The normalized spacial score (nSPS) is 10.5. The van der Waals surface area contributed by atoms with Gasteiger partial charge in [0, 0.05) is 0 Å². The highest BCUT2D eigenvalue weighted by atomic mass is 79.9. The zero-order valence-corrected chi connectivity index (χ0v) is 10.6. The van der Waals surface area contributed by atoms with Gasteiger partial charge in [0.2, 0.25) is 5.69 Å². The molecule has 1 rings (SSSR count). The molecule has 6 nitrogen and oxygen atoms in total. The Hall–Kier alpha value is -1.64. The molecule has 0 radical (unpaired) electrons. The second-order valence-corrected chi connectivity index (χ2v) is 3.80. The summed E-state index contributed by atoms with van der Waals surface area (Å²) < 4.78 is 29.6. The molecular formula is C9H7BrF2N2O4. The number of halogens is 3. The van der Waals surface area contributed by atoms with Gasteiger partial charge in [-0.3, -0.25) is 0 Å². The van der Waals surface area contributed by atoms with E-state index in [0.29, 0.717) is 0 Å². The van der Waals surface area contributed by atoms with Crippen molar-refractivity contribution in [2.24, 2.45) is 0 Å². The zero-order valence-electron chi connectivity index (χ0n) is 9.02. The van der Waals surface area contributed by atoms with Gasteiger partial charge in [-0.15, -0.1) is 0 Å². The molecule has 9 heteroatoms. The molecule has 0 aliphatic carbocycles. The fourth-order valence-corrected chi connectivity index (χ4v) is 1.67. The van der Waals surface area contributed by atoms with E-state index in [9.17, 15) is 23.7 Å². The number of nitrogens with zero attached hydrogens (tertiary/aromatic N) is 2. The summed E-state index contributed by atoms with van der Waals surface area (Å²) in [6, 6.07) is 0.786. The largest absolute Gasteiger partial charge is 0.462 e. The number of aromatic nitrogens is 1. The van der Waals surface area contributed by atoms with Crippen LogP contribution in [0.15, 0.2) is 10.5 Å². The van der Waals surface area contributed by atoms with Crippen LogP contribution in [-0.4, -0.2) is 22.5 Å². The molecule has 0 saturated carbocycles. The van der Waals surface area contributed by atoms with E-state index in [-0.39, 0.29) is 16.6 Å². The number of carbonyl (C=O) groups is 1. The lowest BCUT2D eigenvalue weighted by Crippen LogP contribution is -2.10. The van der Waals surface area contributed by atoms with Gasteiger partial charge in [-0.1, -0.05) is 0 Å². The summed E-state index contributed by atoms with van der Waals surface area (Å²) in [6.07, 6.45) is -3.05. The average Bonchev–Trinajstić information content (AvgIpc) is 2.28. The lowest BCUT2D eigenvalue weighted by molar-refractivity contribution is -0.389. The van der Waals surface area contributed by atoms with Crippen LogP contribution in [0.3, 0.4) is 0 Å². The van der Waals surface area contributed by atoms with E-state index in [2.05, 4.69) is 25.7 Å². The third-order valence-electron chi connectivity index (χ3n) is 1.86. The Morgan fingerprint density at radius 2 is 2.28 bits per heavy atom. The molecule has 1 heterocycles. The molecule has 18 heavy (non-hydrogen) atoms. The first kappa shape index (κ1) is 14.4. The lowest BCUT2D eigenvalue weighted by Gasteiger charge is -2.06. The van der Waals surface area contributed by atoms with E-state index in [4.69, 9.17) is 0 Å². The van der Waals surface area contributed by atoms with E-state index in [1.54, 1.807) is 0 Å². The monoisotopic (exact) mass is 324 g/mol. The minimum atomic E-state index is -3.05.